The Balaban J connectivity index is 2.17. The first-order valence-electron chi connectivity index (χ1n) is 8.00. The molecular formula is C18H18Br2N4O2. The molecule has 0 aliphatic heterocycles. The molecule has 0 spiro atoms. The summed E-state index contributed by atoms with van der Waals surface area (Å²) in [7, 11) is 0. The number of nitrogens with one attached hydrogen (secondary N) is 2. The zero-order chi connectivity index (χ0) is 18.8. The fourth-order valence-corrected chi connectivity index (χ4v) is 4.00. The lowest BCUT2D eigenvalue weighted by molar-refractivity contribution is -0.127. The first-order chi connectivity index (χ1) is 12.4. The highest BCUT2D eigenvalue weighted by atomic mass is 79.9. The molecule has 3 rings (SSSR count). The van der Waals surface area contributed by atoms with Crippen LogP contribution >= 0.6 is 31.9 Å². The summed E-state index contributed by atoms with van der Waals surface area (Å²) in [5.41, 5.74) is 6.57. The molecule has 1 amide bonds. The molecule has 0 radical (unpaired) electrons. The van der Waals surface area contributed by atoms with Gasteiger partial charge < -0.3 is 5.32 Å². The number of halogens is 2. The van der Waals surface area contributed by atoms with Crippen molar-refractivity contribution in [2.45, 2.75) is 20.3 Å². The third-order valence-electron chi connectivity index (χ3n) is 4.24. The second-order valence-electron chi connectivity index (χ2n) is 5.96. The van der Waals surface area contributed by atoms with Gasteiger partial charge in [-0.3, -0.25) is 14.4 Å². The molecule has 0 aliphatic rings. The van der Waals surface area contributed by atoms with Crippen molar-refractivity contribution in [1.29, 1.82) is 0 Å². The molecule has 2 aromatic heterocycles. The molecule has 6 nitrogen and oxygen atoms in total. The van der Waals surface area contributed by atoms with Gasteiger partial charge in [0.1, 0.15) is 5.82 Å². The van der Waals surface area contributed by atoms with Gasteiger partial charge in [-0.1, -0.05) is 30.3 Å². The maximum absolute atomic E-state index is 11.4. The normalized spacial score (nSPS) is 11.0. The largest absolute Gasteiger partial charge is 0.359 e. The van der Waals surface area contributed by atoms with Crippen LogP contribution in [0.5, 0.6) is 0 Å². The number of pyridine rings is 1. The minimum absolute atomic E-state index is 0.0704. The van der Waals surface area contributed by atoms with Crippen LogP contribution in [0.4, 0.5) is 5.82 Å². The summed E-state index contributed by atoms with van der Waals surface area (Å²) >= 11 is 7.29. The van der Waals surface area contributed by atoms with Crippen LogP contribution in [0, 0.1) is 13.8 Å². The summed E-state index contributed by atoms with van der Waals surface area (Å²) in [5, 5.41) is 11.8. The number of amides is 1. The molecule has 136 valence electrons. The van der Waals surface area contributed by atoms with Gasteiger partial charge in [0, 0.05) is 16.6 Å². The van der Waals surface area contributed by atoms with Crippen molar-refractivity contribution in [1.82, 2.24) is 14.9 Å². The fourth-order valence-electron chi connectivity index (χ4n) is 2.89. The van der Waals surface area contributed by atoms with E-state index in [0.717, 1.165) is 37.1 Å². The third kappa shape index (κ3) is 3.49. The number of aryl methyl sites for hydroxylation is 1. The van der Waals surface area contributed by atoms with Gasteiger partial charge >= 0.3 is 0 Å². The van der Waals surface area contributed by atoms with E-state index in [4.69, 9.17) is 10.2 Å². The molecule has 3 aromatic rings. The van der Waals surface area contributed by atoms with E-state index in [0.29, 0.717) is 12.2 Å². The van der Waals surface area contributed by atoms with Gasteiger partial charge in [0.25, 0.3) is 5.91 Å². The van der Waals surface area contributed by atoms with Gasteiger partial charge in [0.15, 0.2) is 5.65 Å². The van der Waals surface area contributed by atoms with Gasteiger partial charge in [-0.2, -0.15) is 0 Å². The van der Waals surface area contributed by atoms with Crippen molar-refractivity contribution in [2.75, 3.05) is 11.9 Å². The lowest BCUT2D eigenvalue weighted by atomic mass is 10.1. The average molecular weight is 482 g/mol. The van der Waals surface area contributed by atoms with Crippen LogP contribution in [-0.4, -0.2) is 27.0 Å². The van der Waals surface area contributed by atoms with Crippen molar-refractivity contribution in [3.63, 3.8) is 0 Å². The fraction of sp³-hybridized carbons (Fsp3) is 0.222. The second kappa shape index (κ2) is 7.77. The number of fused-ring (bicyclic) bond motifs is 1. The van der Waals surface area contributed by atoms with E-state index < -0.39 is 5.91 Å². The highest BCUT2D eigenvalue weighted by Crippen LogP contribution is 2.35. The number of aromatic nitrogens is 2. The zero-order valence-electron chi connectivity index (χ0n) is 14.3. The number of nitrogens with zero attached hydrogens (tertiary/aromatic N) is 2. The Bertz CT molecular complexity index is 971. The summed E-state index contributed by atoms with van der Waals surface area (Å²) < 4.78 is 3.97. The van der Waals surface area contributed by atoms with Crippen LogP contribution in [0.2, 0.25) is 0 Å². The van der Waals surface area contributed by atoms with Crippen molar-refractivity contribution >= 4 is 49.2 Å². The zero-order valence-corrected chi connectivity index (χ0v) is 17.5. The van der Waals surface area contributed by atoms with Crippen molar-refractivity contribution in [3.05, 3.63) is 61.8 Å². The number of hydrogen-bond donors (Lipinski definition) is 3. The molecule has 0 aliphatic carbocycles. The van der Waals surface area contributed by atoms with Crippen LogP contribution in [-0.2, 0) is 11.2 Å². The van der Waals surface area contributed by atoms with Crippen molar-refractivity contribution in [2.24, 2.45) is 0 Å². The van der Waals surface area contributed by atoms with Crippen molar-refractivity contribution in [3.8, 4) is 0 Å². The number of imidazole rings is 1. The minimum Gasteiger partial charge on any atom is -0.359 e. The Labute approximate surface area is 167 Å². The molecule has 0 bridgehead atoms. The van der Waals surface area contributed by atoms with Gasteiger partial charge in [-0.15, -0.1) is 0 Å². The number of carbonyl (C=O) groups excluding carboxylic acids is 1. The van der Waals surface area contributed by atoms with Gasteiger partial charge in [0.05, 0.1) is 16.7 Å². The minimum atomic E-state index is -0.527. The maximum Gasteiger partial charge on any atom is 0.262 e. The molecule has 0 saturated carbocycles. The summed E-state index contributed by atoms with van der Waals surface area (Å²) in [6, 6.07) is 10.1. The standard InChI is InChI=1S/C18H18Br2N4O2/c1-10-15(19)11(2)24-13(8-12-6-4-3-5-7-12)17(21-9-14(25)23-26)22-18(24)16(10)20/h3-7,21,26H,8-9H2,1-2H3,(H,23,25). The molecule has 26 heavy (non-hydrogen) atoms. The van der Waals surface area contributed by atoms with Gasteiger partial charge in [0.2, 0.25) is 0 Å². The first-order valence-corrected chi connectivity index (χ1v) is 9.58. The van der Waals surface area contributed by atoms with Crippen LogP contribution in [0.1, 0.15) is 22.5 Å². The number of anilines is 1. The quantitative estimate of drug-likeness (QED) is 0.380. The highest BCUT2D eigenvalue weighted by molar-refractivity contribution is 9.11. The molecular weight excluding hydrogens is 464 g/mol. The lowest BCUT2D eigenvalue weighted by Gasteiger charge is -2.13. The molecule has 1 aromatic carbocycles. The van der Waals surface area contributed by atoms with E-state index in [1.54, 1.807) is 5.48 Å². The van der Waals surface area contributed by atoms with E-state index in [1.165, 1.54) is 0 Å². The summed E-state index contributed by atoms with van der Waals surface area (Å²) in [6.07, 6.45) is 0.647. The summed E-state index contributed by atoms with van der Waals surface area (Å²) in [6.45, 7) is 3.97. The Kier molecular flexibility index (Phi) is 5.64. The molecule has 0 fully saturated rings. The SMILES string of the molecule is Cc1c(Br)c(C)n2c(Cc3ccccc3)c(NCC(=O)NO)nc2c1Br. The first kappa shape index (κ1) is 18.9. The summed E-state index contributed by atoms with van der Waals surface area (Å²) in [5.74, 6) is 0.0830. The average Bonchev–Trinajstić information content (AvgIpc) is 3.02. The van der Waals surface area contributed by atoms with Crippen LogP contribution in [0.25, 0.3) is 5.65 Å². The lowest BCUT2D eigenvalue weighted by Crippen LogP contribution is -2.27. The summed E-state index contributed by atoms with van der Waals surface area (Å²) in [4.78, 5) is 16.1. The molecule has 0 atom stereocenters. The number of rotatable bonds is 5. The van der Waals surface area contributed by atoms with E-state index in [1.807, 2.05) is 32.0 Å². The molecule has 0 saturated heterocycles. The predicted octanol–water partition coefficient (Wildman–Crippen LogP) is 3.98. The van der Waals surface area contributed by atoms with E-state index in [2.05, 4.69) is 53.7 Å². The monoisotopic (exact) mass is 480 g/mol. The molecule has 8 heteroatoms. The number of benzene rings is 1. The Morgan fingerprint density at radius 2 is 1.88 bits per heavy atom. The number of hydrogen-bond acceptors (Lipinski definition) is 4. The Hall–Kier alpha value is -1.90. The molecule has 2 heterocycles. The second-order valence-corrected chi connectivity index (χ2v) is 7.54. The topological polar surface area (TPSA) is 78.7 Å². The maximum atomic E-state index is 11.4. The van der Waals surface area contributed by atoms with E-state index in [-0.39, 0.29) is 6.54 Å². The van der Waals surface area contributed by atoms with E-state index >= 15 is 0 Å². The highest BCUT2D eigenvalue weighted by Gasteiger charge is 2.20. The Morgan fingerprint density at radius 1 is 1.19 bits per heavy atom. The smallest absolute Gasteiger partial charge is 0.262 e. The van der Waals surface area contributed by atoms with Crippen LogP contribution in [0.15, 0.2) is 39.3 Å². The van der Waals surface area contributed by atoms with Crippen LogP contribution < -0.4 is 10.8 Å². The van der Waals surface area contributed by atoms with Gasteiger partial charge in [-0.05, 0) is 56.8 Å². The number of carbonyl (C=O) groups is 1. The van der Waals surface area contributed by atoms with E-state index in [9.17, 15) is 4.79 Å². The Morgan fingerprint density at radius 3 is 2.54 bits per heavy atom. The molecule has 3 N–H and O–H groups in total. The number of hydroxylamine groups is 1. The third-order valence-corrected chi connectivity index (χ3v) is 6.35. The van der Waals surface area contributed by atoms with Gasteiger partial charge in [-0.25, -0.2) is 10.5 Å². The van der Waals surface area contributed by atoms with Crippen LogP contribution in [0.3, 0.4) is 0 Å². The predicted molar refractivity (Wildman–Crippen MR) is 108 cm³/mol. The molecule has 0 unspecified atom stereocenters. The van der Waals surface area contributed by atoms with Crippen molar-refractivity contribution < 1.29 is 10.0 Å².